The van der Waals surface area contributed by atoms with Crippen LogP contribution < -0.4 is 0 Å². The van der Waals surface area contributed by atoms with Crippen LogP contribution in [0.25, 0.3) is 0 Å². The van der Waals surface area contributed by atoms with Gasteiger partial charge in [0.15, 0.2) is 0 Å². The second-order valence-electron chi connectivity index (χ2n) is 3.41. The molecule has 0 fully saturated rings. The average Bonchev–Trinajstić information content (AvgIpc) is 2.83. The van der Waals surface area contributed by atoms with E-state index in [0.29, 0.717) is 0 Å². The Morgan fingerprint density at radius 1 is 1.38 bits per heavy atom. The smallest absolute Gasteiger partial charge is 0.419 e. The van der Waals surface area contributed by atoms with Gasteiger partial charge in [0.1, 0.15) is 12.4 Å². The summed E-state index contributed by atoms with van der Waals surface area (Å²) >= 11 is 0. The first kappa shape index (κ1) is 10.4. The SMILES string of the molecule is C[C@H](OC(=O)n1ccnc1)c1ccccc1. The fourth-order valence-corrected chi connectivity index (χ4v) is 1.37. The Kier molecular flexibility index (Phi) is 3.00. The van der Waals surface area contributed by atoms with Crippen molar-refractivity contribution in [2.75, 3.05) is 0 Å². The first-order valence-corrected chi connectivity index (χ1v) is 5.01. The van der Waals surface area contributed by atoms with Crippen molar-refractivity contribution >= 4 is 6.09 Å². The summed E-state index contributed by atoms with van der Waals surface area (Å²) in [5.41, 5.74) is 0.968. The first-order valence-electron chi connectivity index (χ1n) is 5.01. The highest BCUT2D eigenvalue weighted by Crippen LogP contribution is 2.16. The third-order valence-corrected chi connectivity index (χ3v) is 2.26. The van der Waals surface area contributed by atoms with Gasteiger partial charge in [-0.25, -0.2) is 14.3 Å². The van der Waals surface area contributed by atoms with E-state index in [2.05, 4.69) is 4.98 Å². The summed E-state index contributed by atoms with van der Waals surface area (Å²) in [6.07, 6.45) is 3.82. The Morgan fingerprint density at radius 2 is 2.12 bits per heavy atom. The van der Waals surface area contributed by atoms with Crippen LogP contribution in [0.1, 0.15) is 18.6 Å². The molecule has 1 aromatic carbocycles. The van der Waals surface area contributed by atoms with Crippen molar-refractivity contribution in [1.29, 1.82) is 0 Å². The second kappa shape index (κ2) is 4.61. The van der Waals surface area contributed by atoms with Crippen LogP contribution in [0, 0.1) is 0 Å². The van der Waals surface area contributed by atoms with Crippen LogP contribution in [-0.2, 0) is 4.74 Å². The number of benzene rings is 1. The van der Waals surface area contributed by atoms with Crippen molar-refractivity contribution in [2.24, 2.45) is 0 Å². The lowest BCUT2D eigenvalue weighted by atomic mass is 10.1. The maximum atomic E-state index is 11.6. The molecule has 0 spiro atoms. The van der Waals surface area contributed by atoms with Gasteiger partial charge in [0.05, 0.1) is 0 Å². The van der Waals surface area contributed by atoms with Crippen molar-refractivity contribution in [2.45, 2.75) is 13.0 Å². The quantitative estimate of drug-likeness (QED) is 0.775. The van der Waals surface area contributed by atoms with E-state index in [4.69, 9.17) is 4.74 Å². The lowest BCUT2D eigenvalue weighted by Gasteiger charge is -2.13. The zero-order valence-electron chi connectivity index (χ0n) is 8.91. The molecule has 0 amide bonds. The highest BCUT2D eigenvalue weighted by molar-refractivity contribution is 5.70. The first-order chi connectivity index (χ1) is 7.77. The molecule has 0 unspecified atom stereocenters. The summed E-state index contributed by atoms with van der Waals surface area (Å²) in [7, 11) is 0. The zero-order valence-corrected chi connectivity index (χ0v) is 8.91. The Hall–Kier alpha value is -2.10. The molecule has 4 nitrogen and oxygen atoms in total. The number of imidazole rings is 1. The molecule has 1 atom stereocenters. The van der Waals surface area contributed by atoms with Gasteiger partial charge in [-0.1, -0.05) is 30.3 Å². The average molecular weight is 216 g/mol. The summed E-state index contributed by atoms with van der Waals surface area (Å²) in [6.45, 7) is 1.84. The van der Waals surface area contributed by atoms with Crippen LogP contribution >= 0.6 is 0 Å². The van der Waals surface area contributed by atoms with Crippen molar-refractivity contribution in [3.63, 3.8) is 0 Å². The number of hydrogen-bond donors (Lipinski definition) is 0. The maximum absolute atomic E-state index is 11.6. The molecule has 82 valence electrons. The Labute approximate surface area is 93.5 Å². The van der Waals surface area contributed by atoms with E-state index in [1.165, 1.54) is 17.1 Å². The molecule has 0 saturated carbocycles. The van der Waals surface area contributed by atoms with Crippen molar-refractivity contribution in [3.8, 4) is 0 Å². The number of nitrogens with zero attached hydrogens (tertiary/aromatic N) is 2. The van der Waals surface area contributed by atoms with Crippen LogP contribution in [0.3, 0.4) is 0 Å². The summed E-state index contributed by atoms with van der Waals surface area (Å²) in [5, 5.41) is 0. The van der Waals surface area contributed by atoms with Crippen LogP contribution in [0.4, 0.5) is 4.79 Å². The molecule has 16 heavy (non-hydrogen) atoms. The monoisotopic (exact) mass is 216 g/mol. The molecular weight excluding hydrogens is 204 g/mol. The largest absolute Gasteiger partial charge is 0.441 e. The van der Waals surface area contributed by atoms with E-state index < -0.39 is 6.09 Å². The van der Waals surface area contributed by atoms with E-state index in [1.54, 1.807) is 6.20 Å². The molecule has 1 heterocycles. The van der Waals surface area contributed by atoms with E-state index >= 15 is 0 Å². The molecule has 1 aromatic heterocycles. The lowest BCUT2D eigenvalue weighted by molar-refractivity contribution is 0.108. The highest BCUT2D eigenvalue weighted by atomic mass is 16.6. The van der Waals surface area contributed by atoms with Gasteiger partial charge in [-0.3, -0.25) is 0 Å². The molecule has 4 heteroatoms. The van der Waals surface area contributed by atoms with Crippen molar-refractivity contribution < 1.29 is 9.53 Å². The molecule has 0 bridgehead atoms. The van der Waals surface area contributed by atoms with E-state index in [-0.39, 0.29) is 6.10 Å². The van der Waals surface area contributed by atoms with E-state index in [9.17, 15) is 4.79 Å². The number of ether oxygens (including phenoxy) is 1. The van der Waals surface area contributed by atoms with Gasteiger partial charge < -0.3 is 4.74 Å². The van der Waals surface area contributed by atoms with Crippen LogP contribution in [-0.4, -0.2) is 15.6 Å². The predicted molar refractivity (Wildman–Crippen MR) is 59.0 cm³/mol. The van der Waals surface area contributed by atoms with Gasteiger partial charge in [0.2, 0.25) is 0 Å². The molecule has 0 aliphatic rings. The minimum absolute atomic E-state index is 0.268. The van der Waals surface area contributed by atoms with Crippen molar-refractivity contribution in [1.82, 2.24) is 9.55 Å². The minimum Gasteiger partial charge on any atom is -0.441 e. The molecule has 0 N–H and O–H groups in total. The van der Waals surface area contributed by atoms with Gasteiger partial charge >= 0.3 is 6.09 Å². The summed E-state index contributed by atoms with van der Waals surface area (Å²) < 4.78 is 6.57. The molecule has 0 saturated heterocycles. The fourth-order valence-electron chi connectivity index (χ4n) is 1.37. The van der Waals surface area contributed by atoms with Gasteiger partial charge in [-0.2, -0.15) is 0 Å². The summed E-state index contributed by atoms with van der Waals surface area (Å²) in [6, 6.07) is 9.60. The summed E-state index contributed by atoms with van der Waals surface area (Å²) in [4.78, 5) is 15.4. The Morgan fingerprint density at radius 3 is 2.75 bits per heavy atom. The Balaban J connectivity index is 2.03. The number of aromatic nitrogens is 2. The third-order valence-electron chi connectivity index (χ3n) is 2.26. The topological polar surface area (TPSA) is 44.1 Å². The second-order valence-corrected chi connectivity index (χ2v) is 3.41. The normalized spacial score (nSPS) is 12.1. The zero-order chi connectivity index (χ0) is 11.4. The van der Waals surface area contributed by atoms with Crippen LogP contribution in [0.15, 0.2) is 49.1 Å². The number of carbonyl (C=O) groups excluding carboxylic acids is 1. The predicted octanol–water partition coefficient (Wildman–Crippen LogP) is 2.63. The van der Waals surface area contributed by atoms with Gasteiger partial charge in [-0.15, -0.1) is 0 Å². The van der Waals surface area contributed by atoms with Crippen molar-refractivity contribution in [3.05, 3.63) is 54.6 Å². The lowest BCUT2D eigenvalue weighted by Crippen LogP contribution is -2.14. The number of hydrogen-bond acceptors (Lipinski definition) is 3. The standard InChI is InChI=1S/C12H12N2O2/c1-10(11-5-3-2-4-6-11)16-12(15)14-8-7-13-9-14/h2-10H,1H3/t10-/m0/s1. The number of rotatable bonds is 2. The van der Waals surface area contributed by atoms with Crippen LogP contribution in [0.5, 0.6) is 0 Å². The molecule has 2 aromatic rings. The van der Waals surface area contributed by atoms with E-state index in [0.717, 1.165) is 5.56 Å². The maximum Gasteiger partial charge on any atom is 0.419 e. The molecule has 0 radical (unpaired) electrons. The van der Waals surface area contributed by atoms with Gasteiger partial charge in [-0.05, 0) is 12.5 Å². The third kappa shape index (κ3) is 2.28. The van der Waals surface area contributed by atoms with Crippen LogP contribution in [0.2, 0.25) is 0 Å². The fraction of sp³-hybridized carbons (Fsp3) is 0.167. The highest BCUT2D eigenvalue weighted by Gasteiger charge is 2.12. The van der Waals surface area contributed by atoms with Gasteiger partial charge in [0.25, 0.3) is 0 Å². The van der Waals surface area contributed by atoms with E-state index in [1.807, 2.05) is 37.3 Å². The summed E-state index contributed by atoms with van der Waals surface area (Å²) in [5.74, 6) is 0. The molecule has 2 rings (SSSR count). The van der Waals surface area contributed by atoms with Gasteiger partial charge in [0, 0.05) is 12.4 Å². The minimum atomic E-state index is -0.422. The molecule has 0 aliphatic heterocycles. The Bertz CT molecular complexity index is 451. The number of carbonyl (C=O) groups is 1. The molecular formula is C12H12N2O2. The molecule has 0 aliphatic carbocycles.